The number of aryl methyl sites for hydroxylation is 1. The van der Waals surface area contributed by atoms with Crippen molar-refractivity contribution in [2.24, 2.45) is 0 Å². The maximum absolute atomic E-state index is 13.1. The van der Waals surface area contributed by atoms with Crippen molar-refractivity contribution in [3.63, 3.8) is 0 Å². The van der Waals surface area contributed by atoms with E-state index < -0.39 is 5.82 Å². The van der Waals surface area contributed by atoms with Crippen LogP contribution in [0, 0.1) is 12.7 Å². The number of rotatable bonds is 0. The summed E-state index contributed by atoms with van der Waals surface area (Å²) in [7, 11) is 0. The number of hydrogen-bond donors (Lipinski definition) is 1. The lowest BCUT2D eigenvalue weighted by molar-refractivity contribution is 0.634. The Morgan fingerprint density at radius 3 is 3.00 bits per heavy atom. The number of nitrogens with zero attached hydrogens (tertiary/aromatic N) is 1. The van der Waals surface area contributed by atoms with Gasteiger partial charge in [0.15, 0.2) is 0 Å². The van der Waals surface area contributed by atoms with Crippen LogP contribution in [-0.2, 0) is 0 Å². The molecule has 1 heterocycles. The third kappa shape index (κ3) is 1.26. The minimum Gasteiger partial charge on any atom is -0.395 e. The molecular weight excluding hydrogens is 211 g/mol. The van der Waals surface area contributed by atoms with Gasteiger partial charge in [0, 0.05) is 0 Å². The number of fused-ring (bicyclic) bond motifs is 1. The topological polar surface area (TPSA) is 38.9 Å². The van der Waals surface area contributed by atoms with Gasteiger partial charge in [0.25, 0.3) is 0 Å². The fourth-order valence-corrected chi connectivity index (χ4v) is 2.32. The van der Waals surface area contributed by atoms with Crippen LogP contribution in [0.25, 0.3) is 10.2 Å². The lowest BCUT2D eigenvalue weighted by Gasteiger charge is -1.98. The van der Waals surface area contributed by atoms with E-state index in [1.54, 1.807) is 0 Å². The minimum absolute atomic E-state index is 0.130. The predicted octanol–water partition coefficient (Wildman–Crippen LogP) is 2.98. The number of halogens is 2. The molecule has 1 aromatic carbocycles. The van der Waals surface area contributed by atoms with Gasteiger partial charge in [0.2, 0.25) is 0 Å². The molecule has 1 aromatic heterocycles. The monoisotopic (exact) mass is 216 g/mol. The Morgan fingerprint density at radius 1 is 1.62 bits per heavy atom. The molecule has 0 saturated carbocycles. The van der Waals surface area contributed by atoms with E-state index in [4.69, 9.17) is 17.3 Å². The Hall–Kier alpha value is -0.870. The van der Waals surface area contributed by atoms with Crippen molar-refractivity contribution in [2.45, 2.75) is 6.92 Å². The highest BCUT2D eigenvalue weighted by Gasteiger charge is 2.12. The SMILES string of the molecule is Cc1nc2c(Cl)cc(F)c(N)c2s1. The van der Waals surface area contributed by atoms with Crippen LogP contribution < -0.4 is 5.73 Å². The zero-order valence-electron chi connectivity index (χ0n) is 6.77. The van der Waals surface area contributed by atoms with E-state index in [0.717, 1.165) is 5.01 Å². The molecular formula is C8H6ClFN2S. The van der Waals surface area contributed by atoms with E-state index >= 15 is 0 Å². The second kappa shape index (κ2) is 2.82. The van der Waals surface area contributed by atoms with Crippen LogP contribution in [0.5, 0.6) is 0 Å². The number of nitrogen functional groups attached to an aromatic ring is 1. The Kier molecular flexibility index (Phi) is 1.89. The third-order valence-corrected chi connectivity index (χ3v) is 3.01. The van der Waals surface area contributed by atoms with Gasteiger partial charge in [-0.05, 0) is 13.0 Å². The Morgan fingerprint density at radius 2 is 2.31 bits per heavy atom. The van der Waals surface area contributed by atoms with Crippen LogP contribution in [0.4, 0.5) is 10.1 Å². The molecule has 13 heavy (non-hydrogen) atoms. The first-order valence-electron chi connectivity index (χ1n) is 3.60. The average Bonchev–Trinajstić information content (AvgIpc) is 2.44. The van der Waals surface area contributed by atoms with Crippen LogP contribution in [-0.4, -0.2) is 4.98 Å². The Balaban J connectivity index is 2.95. The van der Waals surface area contributed by atoms with Gasteiger partial charge in [-0.15, -0.1) is 11.3 Å². The van der Waals surface area contributed by atoms with Crippen molar-refractivity contribution >= 4 is 38.8 Å². The summed E-state index contributed by atoms with van der Waals surface area (Å²) in [6, 6.07) is 1.19. The van der Waals surface area contributed by atoms with Gasteiger partial charge < -0.3 is 5.73 Å². The van der Waals surface area contributed by atoms with Crippen molar-refractivity contribution in [3.05, 3.63) is 21.9 Å². The molecule has 0 aliphatic rings. The highest BCUT2D eigenvalue weighted by Crippen LogP contribution is 2.34. The summed E-state index contributed by atoms with van der Waals surface area (Å²) in [5.74, 6) is -0.485. The van der Waals surface area contributed by atoms with Crippen LogP contribution in [0.1, 0.15) is 5.01 Å². The first kappa shape index (κ1) is 8.72. The van der Waals surface area contributed by atoms with E-state index in [9.17, 15) is 4.39 Å². The van der Waals surface area contributed by atoms with Crippen molar-refractivity contribution < 1.29 is 4.39 Å². The zero-order chi connectivity index (χ0) is 9.59. The molecule has 2 rings (SSSR count). The molecule has 0 radical (unpaired) electrons. The van der Waals surface area contributed by atoms with E-state index in [1.165, 1.54) is 17.4 Å². The summed E-state index contributed by atoms with van der Waals surface area (Å²) in [5, 5.41) is 1.14. The lowest BCUT2D eigenvalue weighted by atomic mass is 10.3. The van der Waals surface area contributed by atoms with Gasteiger partial charge in [-0.3, -0.25) is 0 Å². The molecule has 0 aliphatic heterocycles. The van der Waals surface area contributed by atoms with Gasteiger partial charge in [-0.1, -0.05) is 11.6 Å². The zero-order valence-corrected chi connectivity index (χ0v) is 8.34. The highest BCUT2D eigenvalue weighted by molar-refractivity contribution is 7.19. The molecule has 5 heteroatoms. The molecule has 0 atom stereocenters. The molecule has 0 amide bonds. The third-order valence-electron chi connectivity index (χ3n) is 1.72. The van der Waals surface area contributed by atoms with Gasteiger partial charge in [0.05, 0.1) is 20.4 Å². The summed E-state index contributed by atoms with van der Waals surface area (Å²) in [4.78, 5) is 4.15. The summed E-state index contributed by atoms with van der Waals surface area (Å²) in [6.45, 7) is 1.83. The number of benzene rings is 1. The average molecular weight is 217 g/mol. The molecule has 0 spiro atoms. The van der Waals surface area contributed by atoms with E-state index in [1.807, 2.05) is 6.92 Å². The van der Waals surface area contributed by atoms with E-state index in [0.29, 0.717) is 15.2 Å². The van der Waals surface area contributed by atoms with Crippen LogP contribution in [0.15, 0.2) is 6.07 Å². The number of aromatic nitrogens is 1. The van der Waals surface area contributed by atoms with Gasteiger partial charge in [-0.2, -0.15) is 0 Å². The predicted molar refractivity (Wildman–Crippen MR) is 53.7 cm³/mol. The second-order valence-electron chi connectivity index (χ2n) is 2.66. The summed E-state index contributed by atoms with van der Waals surface area (Å²) >= 11 is 7.14. The maximum Gasteiger partial charge on any atom is 0.149 e. The van der Waals surface area contributed by atoms with Crippen molar-refractivity contribution in [1.82, 2.24) is 4.98 Å². The van der Waals surface area contributed by atoms with Crippen LogP contribution in [0.3, 0.4) is 0 Å². The molecule has 2 N–H and O–H groups in total. The molecule has 0 bridgehead atoms. The summed E-state index contributed by atoms with van der Waals surface area (Å²) < 4.78 is 13.7. The van der Waals surface area contributed by atoms with E-state index in [2.05, 4.69) is 4.98 Å². The van der Waals surface area contributed by atoms with Gasteiger partial charge >= 0.3 is 0 Å². The normalized spacial score (nSPS) is 11.0. The number of thiazole rings is 1. The summed E-state index contributed by atoms with van der Waals surface area (Å²) in [6.07, 6.45) is 0. The maximum atomic E-state index is 13.1. The number of nitrogens with two attached hydrogens (primary N) is 1. The fourth-order valence-electron chi connectivity index (χ4n) is 1.14. The summed E-state index contributed by atoms with van der Waals surface area (Å²) in [5.41, 5.74) is 6.25. The number of hydrogen-bond acceptors (Lipinski definition) is 3. The Bertz CT molecular complexity index is 480. The van der Waals surface area contributed by atoms with E-state index in [-0.39, 0.29) is 5.69 Å². The Labute approximate surface area is 83.1 Å². The quantitative estimate of drug-likeness (QED) is 0.688. The van der Waals surface area contributed by atoms with Crippen molar-refractivity contribution in [3.8, 4) is 0 Å². The molecule has 0 saturated heterocycles. The van der Waals surface area contributed by atoms with Crippen LogP contribution in [0.2, 0.25) is 5.02 Å². The molecule has 2 aromatic rings. The van der Waals surface area contributed by atoms with Gasteiger partial charge in [-0.25, -0.2) is 9.37 Å². The standard InChI is InChI=1S/C8H6ClFN2S/c1-3-12-7-4(9)2-5(10)6(11)8(7)13-3/h2H,11H2,1H3. The molecule has 68 valence electrons. The smallest absolute Gasteiger partial charge is 0.149 e. The molecule has 2 nitrogen and oxygen atoms in total. The molecule has 0 fully saturated rings. The first-order chi connectivity index (χ1) is 6.09. The van der Waals surface area contributed by atoms with Crippen LogP contribution >= 0.6 is 22.9 Å². The first-order valence-corrected chi connectivity index (χ1v) is 4.79. The van der Waals surface area contributed by atoms with Crippen molar-refractivity contribution in [1.29, 1.82) is 0 Å². The molecule has 0 aliphatic carbocycles. The van der Waals surface area contributed by atoms with Gasteiger partial charge in [0.1, 0.15) is 11.3 Å². The fraction of sp³-hybridized carbons (Fsp3) is 0.125. The second-order valence-corrected chi connectivity index (χ2v) is 4.27. The lowest BCUT2D eigenvalue weighted by Crippen LogP contribution is -1.90. The number of anilines is 1. The largest absolute Gasteiger partial charge is 0.395 e. The highest BCUT2D eigenvalue weighted by atomic mass is 35.5. The van der Waals surface area contributed by atoms with Crippen molar-refractivity contribution in [2.75, 3.05) is 5.73 Å². The minimum atomic E-state index is -0.485. The molecule has 0 unspecified atom stereocenters.